The van der Waals surface area contributed by atoms with Crippen molar-refractivity contribution in [1.82, 2.24) is 0 Å². The minimum absolute atomic E-state index is 0.0459. The van der Waals surface area contributed by atoms with Crippen LogP contribution >= 0.6 is 0 Å². The topological polar surface area (TPSA) is 63.7 Å². The Bertz CT molecular complexity index is 876. The highest BCUT2D eigenvalue weighted by atomic mass is 32.2. The number of carbonyl (C=O) groups is 1. The summed E-state index contributed by atoms with van der Waals surface area (Å²) in [5.41, 5.74) is 1.87. The number of hydrogen-bond acceptors (Lipinski definition) is 4. The Morgan fingerprint density at radius 2 is 1.96 bits per heavy atom. The second-order valence-electron chi connectivity index (χ2n) is 5.88. The first-order valence-corrected chi connectivity index (χ1v) is 9.34. The molecule has 24 heavy (non-hydrogen) atoms. The molecule has 5 nitrogen and oxygen atoms in total. The van der Waals surface area contributed by atoms with Gasteiger partial charge in [-0.15, -0.1) is 0 Å². The lowest BCUT2D eigenvalue weighted by Crippen LogP contribution is -2.39. The molecule has 2 aromatic carbocycles. The molecule has 0 fully saturated rings. The van der Waals surface area contributed by atoms with Crippen molar-refractivity contribution < 1.29 is 17.9 Å². The maximum absolute atomic E-state index is 12.7. The van der Waals surface area contributed by atoms with E-state index in [1.54, 1.807) is 17.0 Å². The van der Waals surface area contributed by atoms with Crippen LogP contribution in [-0.4, -0.2) is 33.2 Å². The van der Waals surface area contributed by atoms with Gasteiger partial charge in [-0.1, -0.05) is 24.3 Å². The highest BCUT2D eigenvalue weighted by Crippen LogP contribution is 2.32. The predicted octanol–water partition coefficient (Wildman–Crippen LogP) is 2.45. The monoisotopic (exact) mass is 345 g/mol. The summed E-state index contributed by atoms with van der Waals surface area (Å²) in [6.45, 7) is 1.93. The molecule has 1 aliphatic heterocycles. The molecule has 0 aliphatic carbocycles. The van der Waals surface area contributed by atoms with Gasteiger partial charge in [-0.25, -0.2) is 8.42 Å². The number of nitrogens with zero attached hydrogens (tertiary/aromatic N) is 1. The molecular weight excluding hydrogens is 326 g/mol. The summed E-state index contributed by atoms with van der Waals surface area (Å²) in [5.74, 6) is -0.516. The lowest BCUT2D eigenvalue weighted by Gasteiger charge is -2.22. The number of carbonyl (C=O) groups excluding carboxylic acids is 1. The summed E-state index contributed by atoms with van der Waals surface area (Å²) in [6, 6.07) is 13.7. The molecule has 1 aliphatic rings. The minimum Gasteiger partial charge on any atom is -0.497 e. The molecule has 1 atom stereocenters. The number of benzene rings is 2. The molecule has 6 heteroatoms. The number of fused-ring (bicyclic) bond motifs is 1. The third-order valence-electron chi connectivity index (χ3n) is 4.19. The molecule has 1 unspecified atom stereocenters. The quantitative estimate of drug-likeness (QED) is 0.854. The van der Waals surface area contributed by atoms with E-state index >= 15 is 0 Å². The van der Waals surface area contributed by atoms with E-state index in [0.29, 0.717) is 5.75 Å². The lowest BCUT2D eigenvalue weighted by atomic mass is 10.1. The molecule has 0 N–H and O–H groups in total. The van der Waals surface area contributed by atoms with Crippen molar-refractivity contribution >= 4 is 21.4 Å². The number of anilines is 1. The Hall–Kier alpha value is -2.34. The standard InChI is InChI=1S/C18H19NO4S/c1-13-10-14-6-3-4-9-17(14)19(13)18(20)12-24(21,22)16-8-5-7-15(11-16)23-2/h3-9,11,13H,10,12H2,1-2H3. The van der Waals surface area contributed by atoms with E-state index in [9.17, 15) is 13.2 Å². The summed E-state index contributed by atoms with van der Waals surface area (Å²) in [7, 11) is -2.25. The van der Waals surface area contributed by atoms with Crippen molar-refractivity contribution in [1.29, 1.82) is 0 Å². The van der Waals surface area contributed by atoms with Crippen LogP contribution in [0.5, 0.6) is 5.75 Å². The van der Waals surface area contributed by atoms with Gasteiger partial charge in [-0.2, -0.15) is 0 Å². The number of para-hydroxylation sites is 1. The zero-order valence-corrected chi connectivity index (χ0v) is 14.4. The molecule has 1 amide bonds. The van der Waals surface area contributed by atoms with Gasteiger partial charge in [-0.05, 0) is 43.2 Å². The molecule has 1 heterocycles. The third kappa shape index (κ3) is 3.01. The second-order valence-corrected chi connectivity index (χ2v) is 7.87. The molecule has 0 aromatic heterocycles. The van der Waals surface area contributed by atoms with Gasteiger partial charge >= 0.3 is 0 Å². The molecule has 0 saturated carbocycles. The van der Waals surface area contributed by atoms with Crippen molar-refractivity contribution in [3.05, 3.63) is 54.1 Å². The largest absolute Gasteiger partial charge is 0.497 e. The van der Waals surface area contributed by atoms with E-state index < -0.39 is 21.5 Å². The number of methoxy groups -OCH3 is 1. The van der Waals surface area contributed by atoms with Crippen molar-refractivity contribution in [3.8, 4) is 5.75 Å². The number of hydrogen-bond donors (Lipinski definition) is 0. The van der Waals surface area contributed by atoms with Gasteiger partial charge in [0.1, 0.15) is 11.5 Å². The SMILES string of the molecule is COc1cccc(S(=O)(=O)CC(=O)N2c3ccccc3CC2C)c1. The Labute approximate surface area is 141 Å². The van der Waals surface area contributed by atoms with E-state index in [2.05, 4.69) is 0 Å². The number of rotatable bonds is 4. The van der Waals surface area contributed by atoms with E-state index in [1.807, 2.05) is 31.2 Å². The molecule has 0 saturated heterocycles. The van der Waals surface area contributed by atoms with Gasteiger partial charge in [0.25, 0.3) is 0 Å². The molecule has 0 radical (unpaired) electrons. The molecule has 126 valence electrons. The van der Waals surface area contributed by atoms with Crippen LogP contribution in [0.1, 0.15) is 12.5 Å². The number of amides is 1. The highest BCUT2D eigenvalue weighted by Gasteiger charge is 2.33. The molecule has 0 bridgehead atoms. The van der Waals surface area contributed by atoms with Gasteiger partial charge in [0.2, 0.25) is 5.91 Å². The first-order valence-electron chi connectivity index (χ1n) is 7.69. The minimum atomic E-state index is -3.73. The summed E-state index contributed by atoms with van der Waals surface area (Å²) < 4.78 is 30.2. The van der Waals surface area contributed by atoms with Crippen LogP contribution in [-0.2, 0) is 21.1 Å². The van der Waals surface area contributed by atoms with E-state index in [0.717, 1.165) is 17.7 Å². The van der Waals surface area contributed by atoms with E-state index in [-0.39, 0.29) is 10.9 Å². The fourth-order valence-corrected chi connectivity index (χ4v) is 4.27. The van der Waals surface area contributed by atoms with Gasteiger partial charge < -0.3 is 9.64 Å². The summed E-state index contributed by atoms with van der Waals surface area (Å²) in [5, 5.41) is 0. The Morgan fingerprint density at radius 3 is 2.71 bits per heavy atom. The molecule has 2 aromatic rings. The normalized spacial score (nSPS) is 16.8. The Kier molecular flexibility index (Phi) is 4.32. The average molecular weight is 345 g/mol. The smallest absolute Gasteiger partial charge is 0.242 e. The van der Waals surface area contributed by atoms with E-state index in [1.165, 1.54) is 19.2 Å². The van der Waals surface area contributed by atoms with Crippen molar-refractivity contribution in [2.45, 2.75) is 24.3 Å². The predicted molar refractivity (Wildman–Crippen MR) is 92.1 cm³/mol. The van der Waals surface area contributed by atoms with Crippen molar-refractivity contribution in [2.24, 2.45) is 0 Å². The van der Waals surface area contributed by atoms with Crippen LogP contribution in [0.15, 0.2) is 53.4 Å². The number of ether oxygens (including phenoxy) is 1. The van der Waals surface area contributed by atoms with Crippen LogP contribution in [0.3, 0.4) is 0 Å². The molecule has 0 spiro atoms. The fourth-order valence-electron chi connectivity index (χ4n) is 3.06. The van der Waals surface area contributed by atoms with Crippen LogP contribution in [0.25, 0.3) is 0 Å². The molecule has 3 rings (SSSR count). The van der Waals surface area contributed by atoms with Crippen LogP contribution in [0, 0.1) is 0 Å². The van der Waals surface area contributed by atoms with Gasteiger partial charge in [0.05, 0.1) is 12.0 Å². The maximum atomic E-state index is 12.7. The third-order valence-corrected chi connectivity index (χ3v) is 5.79. The first-order chi connectivity index (χ1) is 11.4. The summed E-state index contributed by atoms with van der Waals surface area (Å²) in [6.07, 6.45) is 0.737. The maximum Gasteiger partial charge on any atom is 0.242 e. The summed E-state index contributed by atoms with van der Waals surface area (Å²) in [4.78, 5) is 14.4. The van der Waals surface area contributed by atoms with Crippen LogP contribution < -0.4 is 9.64 Å². The van der Waals surface area contributed by atoms with Crippen LogP contribution in [0.4, 0.5) is 5.69 Å². The zero-order valence-electron chi connectivity index (χ0n) is 13.6. The lowest BCUT2D eigenvalue weighted by molar-refractivity contribution is -0.116. The number of sulfone groups is 1. The Morgan fingerprint density at radius 1 is 1.21 bits per heavy atom. The fraction of sp³-hybridized carbons (Fsp3) is 0.278. The van der Waals surface area contributed by atoms with E-state index in [4.69, 9.17) is 4.74 Å². The van der Waals surface area contributed by atoms with Crippen molar-refractivity contribution in [3.63, 3.8) is 0 Å². The second kappa shape index (κ2) is 6.28. The van der Waals surface area contributed by atoms with Gasteiger partial charge in [0, 0.05) is 11.7 Å². The van der Waals surface area contributed by atoms with Crippen molar-refractivity contribution in [2.75, 3.05) is 17.8 Å². The van der Waals surface area contributed by atoms with Crippen LogP contribution in [0.2, 0.25) is 0 Å². The Balaban J connectivity index is 1.86. The summed E-state index contributed by atoms with van der Waals surface area (Å²) >= 11 is 0. The zero-order chi connectivity index (χ0) is 17.3. The van der Waals surface area contributed by atoms with Gasteiger partial charge in [-0.3, -0.25) is 4.79 Å². The van der Waals surface area contributed by atoms with Gasteiger partial charge in [0.15, 0.2) is 9.84 Å². The first kappa shape index (κ1) is 16.5. The average Bonchev–Trinajstić information content (AvgIpc) is 2.90. The molecular formula is C18H19NO4S. The highest BCUT2D eigenvalue weighted by molar-refractivity contribution is 7.92.